The Morgan fingerprint density at radius 1 is 1.33 bits per heavy atom. The molecule has 1 aromatic rings. The Hall–Kier alpha value is -1.67. The smallest absolute Gasteiger partial charge is 0.238 e. The number of ether oxygens (including phenoxy) is 1. The Bertz CT molecular complexity index is 649. The van der Waals surface area contributed by atoms with E-state index in [4.69, 9.17) is 4.74 Å². The van der Waals surface area contributed by atoms with Crippen LogP contribution in [0.15, 0.2) is 24.3 Å². The molecule has 1 atom stereocenters. The van der Waals surface area contributed by atoms with Gasteiger partial charge in [0.05, 0.1) is 12.9 Å². The first-order valence-corrected chi connectivity index (χ1v) is 9.85. The molecule has 6 nitrogen and oxygen atoms in total. The van der Waals surface area contributed by atoms with Crippen molar-refractivity contribution >= 4 is 15.9 Å². The molecule has 2 rings (SSSR count). The molecule has 1 heterocycles. The first-order valence-electron chi connectivity index (χ1n) is 8.01. The third-order valence-electron chi connectivity index (χ3n) is 3.89. The molecule has 134 valence electrons. The Labute approximate surface area is 142 Å². The first kappa shape index (κ1) is 18.7. The summed E-state index contributed by atoms with van der Waals surface area (Å²) in [7, 11) is -3.34. The highest BCUT2D eigenvalue weighted by atomic mass is 32.2. The highest BCUT2D eigenvalue weighted by molar-refractivity contribution is 7.88. The van der Waals surface area contributed by atoms with Crippen LogP contribution in [0.5, 0.6) is 5.75 Å². The average Bonchev–Trinajstić information content (AvgIpc) is 3.02. The van der Waals surface area contributed by atoms with Crippen LogP contribution in [-0.4, -0.2) is 50.6 Å². The zero-order chi connectivity index (χ0) is 17.6. The minimum absolute atomic E-state index is 0.239. The Morgan fingerprint density at radius 2 is 2.04 bits per heavy atom. The fourth-order valence-electron chi connectivity index (χ4n) is 2.68. The van der Waals surface area contributed by atoms with Crippen LogP contribution in [-0.2, 0) is 14.8 Å². The van der Waals surface area contributed by atoms with Crippen LogP contribution in [0.25, 0.3) is 0 Å². The van der Waals surface area contributed by atoms with Crippen molar-refractivity contribution in [3.05, 3.63) is 30.1 Å². The van der Waals surface area contributed by atoms with Gasteiger partial charge in [0.1, 0.15) is 17.6 Å². The van der Waals surface area contributed by atoms with Crippen molar-refractivity contribution in [1.82, 2.24) is 9.62 Å². The number of sulfonamides is 1. The normalized spacial score (nSPS) is 18.5. The lowest BCUT2D eigenvalue weighted by Gasteiger charge is -2.21. The molecule has 0 bridgehead atoms. The van der Waals surface area contributed by atoms with E-state index in [0.29, 0.717) is 38.3 Å². The van der Waals surface area contributed by atoms with Crippen molar-refractivity contribution in [3.8, 4) is 5.75 Å². The van der Waals surface area contributed by atoms with E-state index in [2.05, 4.69) is 5.32 Å². The van der Waals surface area contributed by atoms with Gasteiger partial charge in [-0.05, 0) is 49.9 Å². The summed E-state index contributed by atoms with van der Waals surface area (Å²) >= 11 is 0. The Morgan fingerprint density at radius 3 is 2.71 bits per heavy atom. The Balaban J connectivity index is 1.63. The highest BCUT2D eigenvalue weighted by Gasteiger charge is 2.36. The van der Waals surface area contributed by atoms with Gasteiger partial charge in [-0.1, -0.05) is 0 Å². The lowest BCUT2D eigenvalue weighted by molar-refractivity contribution is -0.124. The number of unbranched alkanes of at least 4 members (excludes halogenated alkanes) is 1. The molecule has 8 heteroatoms. The zero-order valence-electron chi connectivity index (χ0n) is 13.7. The summed E-state index contributed by atoms with van der Waals surface area (Å²) in [6, 6.07) is 5.22. The van der Waals surface area contributed by atoms with Gasteiger partial charge in [0, 0.05) is 13.1 Å². The molecule has 1 N–H and O–H groups in total. The number of amides is 1. The molecule has 1 aliphatic rings. The van der Waals surface area contributed by atoms with Crippen LogP contribution in [0, 0.1) is 5.82 Å². The molecular formula is C16H23FN2O4S. The van der Waals surface area contributed by atoms with Crippen molar-refractivity contribution < 1.29 is 22.3 Å². The first-order chi connectivity index (χ1) is 11.4. The van der Waals surface area contributed by atoms with Crippen molar-refractivity contribution in [2.45, 2.75) is 31.7 Å². The lowest BCUT2D eigenvalue weighted by Crippen LogP contribution is -2.45. The van der Waals surface area contributed by atoms with Crippen molar-refractivity contribution in [2.24, 2.45) is 0 Å². The molecular weight excluding hydrogens is 335 g/mol. The third kappa shape index (κ3) is 5.45. The minimum atomic E-state index is -3.34. The van der Waals surface area contributed by atoms with Gasteiger partial charge in [-0.2, -0.15) is 4.31 Å². The molecule has 1 fully saturated rings. The predicted molar refractivity (Wildman–Crippen MR) is 88.7 cm³/mol. The summed E-state index contributed by atoms with van der Waals surface area (Å²) in [6.07, 6.45) is 3.85. The summed E-state index contributed by atoms with van der Waals surface area (Å²) in [5.74, 6) is 0.0627. The second kappa shape index (κ2) is 8.43. The Kier molecular flexibility index (Phi) is 6.56. The van der Waals surface area contributed by atoms with Crippen molar-refractivity contribution in [3.63, 3.8) is 0 Å². The maximum atomic E-state index is 12.7. The van der Waals surface area contributed by atoms with E-state index >= 15 is 0 Å². The molecule has 0 aliphatic carbocycles. The second-order valence-corrected chi connectivity index (χ2v) is 7.77. The molecule has 1 saturated heterocycles. The molecule has 1 unspecified atom stereocenters. The summed E-state index contributed by atoms with van der Waals surface area (Å²) < 4.78 is 42.7. The summed E-state index contributed by atoms with van der Waals surface area (Å²) in [6.45, 7) is 1.35. The molecule has 1 aromatic carbocycles. The van der Waals surface area contributed by atoms with E-state index in [1.807, 2.05) is 0 Å². The zero-order valence-corrected chi connectivity index (χ0v) is 14.5. The van der Waals surface area contributed by atoms with Gasteiger partial charge in [0.15, 0.2) is 0 Å². The molecule has 24 heavy (non-hydrogen) atoms. The summed E-state index contributed by atoms with van der Waals surface area (Å²) in [5.41, 5.74) is 0. The van der Waals surface area contributed by atoms with Gasteiger partial charge in [-0.15, -0.1) is 0 Å². The minimum Gasteiger partial charge on any atom is -0.494 e. The van der Waals surface area contributed by atoms with Crippen LogP contribution in [0.1, 0.15) is 25.7 Å². The topological polar surface area (TPSA) is 75.7 Å². The van der Waals surface area contributed by atoms with Crippen molar-refractivity contribution in [2.75, 3.05) is 26.0 Å². The van der Waals surface area contributed by atoms with Gasteiger partial charge in [-0.3, -0.25) is 4.79 Å². The molecule has 1 aliphatic heterocycles. The molecule has 0 aromatic heterocycles. The standard InChI is InChI=1S/C16H23FN2O4S/c1-24(21,22)19-11-4-5-15(19)16(20)18-10-2-3-12-23-14-8-6-13(17)7-9-14/h6-9,15H,2-5,10-12H2,1H3,(H,18,20). The summed E-state index contributed by atoms with van der Waals surface area (Å²) in [5, 5.41) is 2.78. The van der Waals surface area contributed by atoms with E-state index in [9.17, 15) is 17.6 Å². The van der Waals surface area contributed by atoms with Crippen LogP contribution in [0.3, 0.4) is 0 Å². The van der Waals surface area contributed by atoms with Crippen LogP contribution in [0.2, 0.25) is 0 Å². The van der Waals surface area contributed by atoms with Gasteiger partial charge in [0.25, 0.3) is 0 Å². The van der Waals surface area contributed by atoms with E-state index in [1.165, 1.54) is 16.4 Å². The van der Waals surface area contributed by atoms with Gasteiger partial charge in [0.2, 0.25) is 15.9 Å². The molecule has 0 saturated carbocycles. The van der Waals surface area contributed by atoms with Gasteiger partial charge in [-0.25, -0.2) is 12.8 Å². The van der Waals surface area contributed by atoms with E-state index in [1.54, 1.807) is 12.1 Å². The number of nitrogens with zero attached hydrogens (tertiary/aromatic N) is 1. The van der Waals surface area contributed by atoms with E-state index in [0.717, 1.165) is 19.1 Å². The van der Waals surface area contributed by atoms with E-state index < -0.39 is 16.1 Å². The maximum Gasteiger partial charge on any atom is 0.238 e. The number of nitrogens with one attached hydrogen (secondary N) is 1. The monoisotopic (exact) mass is 358 g/mol. The average molecular weight is 358 g/mol. The number of rotatable bonds is 8. The number of hydrogen-bond acceptors (Lipinski definition) is 4. The number of hydrogen-bond donors (Lipinski definition) is 1. The number of carbonyl (C=O) groups excluding carboxylic acids is 1. The number of halogens is 1. The predicted octanol–water partition coefficient (Wildman–Crippen LogP) is 1.52. The van der Waals surface area contributed by atoms with Crippen LogP contribution < -0.4 is 10.1 Å². The fourth-order valence-corrected chi connectivity index (χ4v) is 3.80. The maximum absolute atomic E-state index is 12.7. The van der Waals surface area contributed by atoms with Gasteiger partial charge < -0.3 is 10.1 Å². The molecule has 1 amide bonds. The SMILES string of the molecule is CS(=O)(=O)N1CCCC1C(=O)NCCCCOc1ccc(F)cc1. The van der Waals surface area contributed by atoms with Crippen LogP contribution >= 0.6 is 0 Å². The number of benzene rings is 1. The fraction of sp³-hybridized carbons (Fsp3) is 0.562. The molecule has 0 spiro atoms. The highest BCUT2D eigenvalue weighted by Crippen LogP contribution is 2.20. The quantitative estimate of drug-likeness (QED) is 0.715. The molecule has 0 radical (unpaired) electrons. The van der Waals surface area contributed by atoms with E-state index in [-0.39, 0.29) is 11.7 Å². The number of carbonyl (C=O) groups is 1. The summed E-state index contributed by atoms with van der Waals surface area (Å²) in [4.78, 5) is 12.1. The van der Waals surface area contributed by atoms with Crippen LogP contribution in [0.4, 0.5) is 4.39 Å². The largest absolute Gasteiger partial charge is 0.494 e. The third-order valence-corrected chi connectivity index (χ3v) is 5.17. The second-order valence-electron chi connectivity index (χ2n) is 5.83. The van der Waals surface area contributed by atoms with Crippen molar-refractivity contribution in [1.29, 1.82) is 0 Å². The lowest BCUT2D eigenvalue weighted by atomic mass is 10.2. The van der Waals surface area contributed by atoms with Gasteiger partial charge >= 0.3 is 0 Å².